The molecule has 0 spiro atoms. The maximum atomic E-state index is 6.19. The molecule has 0 bridgehead atoms. The quantitative estimate of drug-likeness (QED) is 0.353. The van der Waals surface area contributed by atoms with Crippen LogP contribution in [0.1, 0.15) is 22.7 Å². The standard InChI is InChI=1S/C28H26ClN5/c1-19-6-5-9-23-24(19)25-26(32-23)28(31-18-30-25)34-16-14-33(15-17-34)27(20-7-3-2-4-8-20)21-10-12-22(29)13-11-21/h2-13,18,27,32H,14-17H2,1H3. The van der Waals surface area contributed by atoms with Crippen molar-refractivity contribution in [3.63, 3.8) is 0 Å². The lowest BCUT2D eigenvalue weighted by Gasteiger charge is -2.40. The van der Waals surface area contributed by atoms with Crippen molar-refractivity contribution in [1.82, 2.24) is 19.9 Å². The highest BCUT2D eigenvalue weighted by Gasteiger charge is 2.28. The predicted octanol–water partition coefficient (Wildman–Crippen LogP) is 5.98. The van der Waals surface area contributed by atoms with E-state index in [0.717, 1.165) is 53.6 Å². The molecule has 34 heavy (non-hydrogen) atoms. The summed E-state index contributed by atoms with van der Waals surface area (Å²) in [5, 5.41) is 1.95. The van der Waals surface area contributed by atoms with E-state index in [-0.39, 0.29) is 6.04 Å². The average Bonchev–Trinajstić information content (AvgIpc) is 3.27. The summed E-state index contributed by atoms with van der Waals surface area (Å²) < 4.78 is 0. The highest BCUT2D eigenvalue weighted by Crippen LogP contribution is 2.34. The molecule has 5 nitrogen and oxygen atoms in total. The normalized spacial score (nSPS) is 15.8. The van der Waals surface area contributed by atoms with Crippen LogP contribution in [0.5, 0.6) is 0 Å². The lowest BCUT2D eigenvalue weighted by atomic mass is 9.96. The largest absolute Gasteiger partial charge is 0.352 e. The Kier molecular flexibility index (Phi) is 5.44. The van der Waals surface area contributed by atoms with Gasteiger partial charge in [0.15, 0.2) is 5.82 Å². The minimum Gasteiger partial charge on any atom is -0.352 e. The Hall–Kier alpha value is -3.41. The predicted molar refractivity (Wildman–Crippen MR) is 140 cm³/mol. The van der Waals surface area contributed by atoms with Gasteiger partial charge in [-0.1, -0.05) is 66.2 Å². The van der Waals surface area contributed by atoms with Crippen molar-refractivity contribution in [2.24, 2.45) is 0 Å². The summed E-state index contributed by atoms with van der Waals surface area (Å²) in [6.45, 7) is 5.81. The van der Waals surface area contributed by atoms with Crippen LogP contribution in [0.3, 0.4) is 0 Å². The van der Waals surface area contributed by atoms with Crippen LogP contribution < -0.4 is 4.90 Å². The number of nitrogens with zero attached hydrogens (tertiary/aromatic N) is 4. The van der Waals surface area contributed by atoms with Gasteiger partial charge < -0.3 is 9.88 Å². The first-order valence-electron chi connectivity index (χ1n) is 11.7. The lowest BCUT2D eigenvalue weighted by molar-refractivity contribution is 0.212. The first-order valence-corrected chi connectivity index (χ1v) is 12.1. The molecular weight excluding hydrogens is 442 g/mol. The van der Waals surface area contributed by atoms with Crippen molar-refractivity contribution < 1.29 is 0 Å². The van der Waals surface area contributed by atoms with E-state index in [9.17, 15) is 0 Å². The van der Waals surface area contributed by atoms with Crippen molar-refractivity contribution in [1.29, 1.82) is 0 Å². The third kappa shape index (κ3) is 3.71. The number of aromatic nitrogens is 3. The molecule has 170 valence electrons. The Morgan fingerprint density at radius 1 is 0.824 bits per heavy atom. The van der Waals surface area contributed by atoms with Crippen molar-refractivity contribution in [2.75, 3.05) is 31.1 Å². The average molecular weight is 468 g/mol. The van der Waals surface area contributed by atoms with Gasteiger partial charge in [-0.05, 0) is 41.8 Å². The molecule has 0 radical (unpaired) electrons. The van der Waals surface area contributed by atoms with Gasteiger partial charge in [0.2, 0.25) is 0 Å². The van der Waals surface area contributed by atoms with Crippen molar-refractivity contribution in [3.05, 3.63) is 101 Å². The summed E-state index contributed by atoms with van der Waals surface area (Å²) in [6, 6.07) is 25.5. The molecule has 1 aliphatic rings. The minimum absolute atomic E-state index is 0.196. The first-order chi connectivity index (χ1) is 16.7. The van der Waals surface area contributed by atoms with Gasteiger partial charge in [-0.2, -0.15) is 0 Å². The molecule has 2 aromatic heterocycles. The highest BCUT2D eigenvalue weighted by atomic mass is 35.5. The van der Waals surface area contributed by atoms with Gasteiger partial charge >= 0.3 is 0 Å². The molecule has 6 rings (SSSR count). The molecule has 0 aliphatic carbocycles. The summed E-state index contributed by atoms with van der Waals surface area (Å²) in [7, 11) is 0. The van der Waals surface area contributed by atoms with E-state index in [1.54, 1.807) is 6.33 Å². The number of hydrogen-bond donors (Lipinski definition) is 1. The Morgan fingerprint density at radius 2 is 1.56 bits per heavy atom. The van der Waals surface area contributed by atoms with E-state index >= 15 is 0 Å². The van der Waals surface area contributed by atoms with E-state index in [0.29, 0.717) is 0 Å². The summed E-state index contributed by atoms with van der Waals surface area (Å²) in [5.74, 6) is 0.989. The number of rotatable bonds is 4. The van der Waals surface area contributed by atoms with Crippen LogP contribution in [0.15, 0.2) is 79.1 Å². The number of halogens is 1. The van der Waals surface area contributed by atoms with Crippen LogP contribution in [0.4, 0.5) is 5.82 Å². The number of aromatic amines is 1. The van der Waals surface area contributed by atoms with Gasteiger partial charge in [-0.15, -0.1) is 0 Å². The zero-order chi connectivity index (χ0) is 23.1. The third-order valence-electron chi connectivity index (χ3n) is 6.88. The lowest BCUT2D eigenvalue weighted by Crippen LogP contribution is -2.48. The Bertz CT molecular complexity index is 1440. The zero-order valence-corrected chi connectivity index (χ0v) is 19.8. The molecule has 6 heteroatoms. The molecular formula is C28H26ClN5. The van der Waals surface area contributed by atoms with Gasteiger partial charge in [0.1, 0.15) is 17.4 Å². The second kappa shape index (κ2) is 8.75. The third-order valence-corrected chi connectivity index (χ3v) is 7.13. The molecule has 3 aromatic carbocycles. The number of hydrogen-bond acceptors (Lipinski definition) is 4. The number of aryl methyl sites for hydroxylation is 1. The number of anilines is 1. The summed E-state index contributed by atoms with van der Waals surface area (Å²) in [5.41, 5.74) is 6.93. The van der Waals surface area contributed by atoms with Crippen LogP contribution >= 0.6 is 11.6 Å². The molecule has 0 amide bonds. The number of fused-ring (bicyclic) bond motifs is 3. The molecule has 1 atom stereocenters. The maximum Gasteiger partial charge on any atom is 0.156 e. The molecule has 1 fully saturated rings. The fourth-order valence-corrected chi connectivity index (χ4v) is 5.35. The van der Waals surface area contributed by atoms with Crippen LogP contribution in [-0.4, -0.2) is 46.0 Å². The van der Waals surface area contributed by atoms with E-state index in [1.807, 2.05) is 12.1 Å². The van der Waals surface area contributed by atoms with Crippen LogP contribution in [0.25, 0.3) is 21.9 Å². The number of benzene rings is 3. The van der Waals surface area contributed by atoms with Gasteiger partial charge in [-0.3, -0.25) is 4.90 Å². The molecule has 0 saturated carbocycles. The Morgan fingerprint density at radius 3 is 2.32 bits per heavy atom. The van der Waals surface area contributed by atoms with E-state index in [4.69, 9.17) is 16.6 Å². The van der Waals surface area contributed by atoms with Crippen LogP contribution in [-0.2, 0) is 0 Å². The minimum atomic E-state index is 0.196. The molecule has 1 saturated heterocycles. The van der Waals surface area contributed by atoms with Crippen molar-refractivity contribution in [3.8, 4) is 0 Å². The van der Waals surface area contributed by atoms with Crippen LogP contribution in [0, 0.1) is 6.92 Å². The van der Waals surface area contributed by atoms with Crippen molar-refractivity contribution in [2.45, 2.75) is 13.0 Å². The van der Waals surface area contributed by atoms with Crippen molar-refractivity contribution >= 4 is 39.4 Å². The smallest absolute Gasteiger partial charge is 0.156 e. The Balaban J connectivity index is 1.31. The molecule has 1 aliphatic heterocycles. The second-order valence-corrected chi connectivity index (χ2v) is 9.37. The first kappa shape index (κ1) is 21.1. The SMILES string of the molecule is Cc1cccc2[nH]c3c(N4CCN(C(c5ccccc5)c5ccc(Cl)cc5)CC4)ncnc3c12. The van der Waals surface area contributed by atoms with E-state index in [2.05, 4.69) is 87.4 Å². The second-order valence-electron chi connectivity index (χ2n) is 8.93. The van der Waals surface area contributed by atoms with Crippen LogP contribution in [0.2, 0.25) is 5.02 Å². The summed E-state index contributed by atoms with van der Waals surface area (Å²) >= 11 is 6.19. The summed E-state index contributed by atoms with van der Waals surface area (Å²) in [4.78, 5) is 17.9. The fraction of sp³-hybridized carbons (Fsp3) is 0.214. The van der Waals surface area contributed by atoms with Gasteiger partial charge in [0, 0.05) is 42.1 Å². The number of H-pyrrole nitrogens is 1. The molecule has 5 aromatic rings. The summed E-state index contributed by atoms with van der Waals surface area (Å²) in [6.07, 6.45) is 1.70. The zero-order valence-electron chi connectivity index (χ0n) is 19.1. The monoisotopic (exact) mass is 467 g/mol. The fourth-order valence-electron chi connectivity index (χ4n) is 5.23. The van der Waals surface area contributed by atoms with E-state index < -0.39 is 0 Å². The molecule has 3 heterocycles. The highest BCUT2D eigenvalue weighted by molar-refractivity contribution is 6.30. The molecule has 1 unspecified atom stereocenters. The molecule has 1 N–H and O–H groups in total. The van der Waals surface area contributed by atoms with Gasteiger partial charge in [-0.25, -0.2) is 9.97 Å². The Labute approximate surface area is 204 Å². The van der Waals surface area contributed by atoms with E-state index in [1.165, 1.54) is 22.1 Å². The number of piperazine rings is 1. The topological polar surface area (TPSA) is 48.1 Å². The maximum absolute atomic E-state index is 6.19. The number of nitrogens with one attached hydrogen (secondary N) is 1. The van der Waals surface area contributed by atoms with Gasteiger partial charge in [0.25, 0.3) is 0 Å². The van der Waals surface area contributed by atoms with Gasteiger partial charge in [0.05, 0.1) is 6.04 Å².